The second-order valence-corrected chi connectivity index (χ2v) is 4.54. The van der Waals surface area contributed by atoms with Crippen LogP contribution >= 0.6 is 45.2 Å². The first-order valence-corrected chi connectivity index (χ1v) is 5.24. The maximum Gasteiger partial charge on any atom is 0.343 e. The molecule has 0 aliphatic heterocycles. The van der Waals surface area contributed by atoms with Crippen LogP contribution in [0.5, 0.6) is 11.5 Å². The average molecular weight is 406 g/mol. The Labute approximate surface area is 101 Å². The lowest BCUT2D eigenvalue weighted by atomic mass is 10.2. The van der Waals surface area contributed by atoms with E-state index in [0.29, 0.717) is 7.14 Å². The van der Waals surface area contributed by atoms with Gasteiger partial charge in [-0.2, -0.15) is 0 Å². The molecule has 0 atom stereocenters. The van der Waals surface area contributed by atoms with Crippen molar-refractivity contribution in [2.75, 3.05) is 0 Å². The number of benzene rings is 1. The number of carboxylic acid groups (broad SMARTS) is 1. The highest BCUT2D eigenvalue weighted by molar-refractivity contribution is 14.1. The minimum absolute atomic E-state index is 0.397. The van der Waals surface area contributed by atoms with Crippen LogP contribution in [0.3, 0.4) is 0 Å². The summed E-state index contributed by atoms with van der Waals surface area (Å²) < 4.78 is 0.800. The number of hydrogen-bond donors (Lipinski definition) is 3. The predicted molar refractivity (Wildman–Crippen MR) is 62.2 cm³/mol. The molecule has 13 heavy (non-hydrogen) atoms. The molecule has 3 N–H and O–H groups in total. The molecule has 70 valence electrons. The maximum absolute atomic E-state index is 10.6. The van der Waals surface area contributed by atoms with Crippen molar-refractivity contribution in [3.8, 4) is 11.5 Å². The topological polar surface area (TPSA) is 77.8 Å². The first kappa shape index (κ1) is 10.8. The van der Waals surface area contributed by atoms with E-state index in [0.717, 1.165) is 0 Å². The lowest BCUT2D eigenvalue weighted by Gasteiger charge is -2.06. The number of hydrogen-bond acceptors (Lipinski definition) is 3. The van der Waals surface area contributed by atoms with E-state index >= 15 is 0 Å². The molecule has 0 spiro atoms. The number of halogens is 2. The second kappa shape index (κ2) is 3.86. The van der Waals surface area contributed by atoms with Crippen LogP contribution in [0.4, 0.5) is 0 Å². The van der Waals surface area contributed by atoms with Gasteiger partial charge in [0.15, 0.2) is 0 Å². The summed E-state index contributed by atoms with van der Waals surface area (Å²) >= 11 is 3.59. The molecule has 0 aromatic heterocycles. The van der Waals surface area contributed by atoms with Crippen molar-refractivity contribution in [3.63, 3.8) is 0 Å². The number of carbonyl (C=O) groups is 1. The van der Waals surface area contributed by atoms with Gasteiger partial charge in [-0.15, -0.1) is 0 Å². The van der Waals surface area contributed by atoms with Crippen molar-refractivity contribution in [2.24, 2.45) is 0 Å². The zero-order valence-corrected chi connectivity index (χ0v) is 10.4. The summed E-state index contributed by atoms with van der Waals surface area (Å²) in [7, 11) is 0. The lowest BCUT2D eigenvalue weighted by molar-refractivity contribution is 0.0690. The summed E-state index contributed by atoms with van der Waals surface area (Å²) in [5, 5.41) is 27.3. The van der Waals surface area contributed by atoms with Crippen LogP contribution in [0.15, 0.2) is 6.07 Å². The molecule has 4 nitrogen and oxygen atoms in total. The van der Waals surface area contributed by atoms with Gasteiger partial charge < -0.3 is 15.3 Å². The third-order valence-electron chi connectivity index (χ3n) is 1.39. The Kier molecular flexibility index (Phi) is 3.22. The first-order chi connectivity index (χ1) is 5.95. The summed E-state index contributed by atoms with van der Waals surface area (Å²) in [6.07, 6.45) is 0. The fraction of sp³-hybridized carbons (Fsp3) is 0. The zero-order valence-electron chi connectivity index (χ0n) is 6.08. The van der Waals surface area contributed by atoms with Crippen LogP contribution in [0, 0.1) is 7.14 Å². The smallest absolute Gasteiger partial charge is 0.343 e. The minimum atomic E-state index is -1.34. The molecule has 0 fully saturated rings. The molecule has 0 saturated carbocycles. The van der Waals surface area contributed by atoms with Crippen LogP contribution in [0.1, 0.15) is 10.4 Å². The van der Waals surface area contributed by atoms with Crippen LogP contribution < -0.4 is 0 Å². The van der Waals surface area contributed by atoms with E-state index in [2.05, 4.69) is 0 Å². The van der Waals surface area contributed by atoms with Crippen molar-refractivity contribution >= 4 is 51.2 Å². The van der Waals surface area contributed by atoms with Gasteiger partial charge in [-0.3, -0.25) is 0 Å². The van der Waals surface area contributed by atoms with Gasteiger partial charge in [0.25, 0.3) is 0 Å². The highest BCUT2D eigenvalue weighted by atomic mass is 127. The lowest BCUT2D eigenvalue weighted by Crippen LogP contribution is -2.00. The Hall–Kier alpha value is -0.250. The number of carboxylic acids is 1. The molecule has 1 aromatic carbocycles. The van der Waals surface area contributed by atoms with Gasteiger partial charge in [0.1, 0.15) is 17.1 Å². The quantitative estimate of drug-likeness (QED) is 0.624. The second-order valence-electron chi connectivity index (χ2n) is 2.22. The van der Waals surface area contributed by atoms with E-state index in [1.54, 1.807) is 45.2 Å². The first-order valence-electron chi connectivity index (χ1n) is 3.08. The zero-order chi connectivity index (χ0) is 10.2. The number of rotatable bonds is 1. The molecule has 6 heteroatoms. The van der Waals surface area contributed by atoms with E-state index in [9.17, 15) is 15.0 Å². The Balaban J connectivity index is 3.56. The van der Waals surface area contributed by atoms with Gasteiger partial charge in [0.2, 0.25) is 0 Å². The van der Waals surface area contributed by atoms with Crippen molar-refractivity contribution in [2.45, 2.75) is 0 Å². The highest BCUT2D eigenvalue weighted by Crippen LogP contribution is 2.35. The summed E-state index contributed by atoms with van der Waals surface area (Å²) in [6.45, 7) is 0. The molecule has 1 rings (SSSR count). The SMILES string of the molecule is O=C(O)c1c(O)c(I)cc(I)c1O. The average Bonchev–Trinajstić information content (AvgIpc) is 2.01. The Morgan fingerprint density at radius 2 is 1.54 bits per heavy atom. The number of aromatic carboxylic acids is 1. The van der Waals surface area contributed by atoms with Crippen LogP contribution in [-0.2, 0) is 0 Å². The summed E-state index contributed by atoms with van der Waals surface area (Å²) in [4.78, 5) is 10.6. The normalized spacial score (nSPS) is 10.0. The number of aromatic hydroxyl groups is 2. The maximum atomic E-state index is 10.6. The third-order valence-corrected chi connectivity index (χ3v) is 3.04. The molecule has 0 saturated heterocycles. The van der Waals surface area contributed by atoms with E-state index in [1.807, 2.05) is 0 Å². The molecule has 0 unspecified atom stereocenters. The van der Waals surface area contributed by atoms with Crippen molar-refractivity contribution < 1.29 is 20.1 Å². The summed E-state index contributed by atoms with van der Waals surface area (Å²) in [6, 6.07) is 1.50. The monoisotopic (exact) mass is 406 g/mol. The fourth-order valence-corrected chi connectivity index (χ4v) is 2.56. The molecule has 0 radical (unpaired) electrons. The van der Waals surface area contributed by atoms with E-state index in [1.165, 1.54) is 6.07 Å². The van der Waals surface area contributed by atoms with Crippen LogP contribution in [0.25, 0.3) is 0 Å². The Bertz CT molecular complexity index is 349. The molecule has 0 heterocycles. The fourth-order valence-electron chi connectivity index (χ4n) is 0.802. The summed E-state index contributed by atoms with van der Waals surface area (Å²) in [5.74, 6) is -2.14. The van der Waals surface area contributed by atoms with Gasteiger partial charge in [-0.25, -0.2) is 4.79 Å². The van der Waals surface area contributed by atoms with E-state index < -0.39 is 23.0 Å². The molecular weight excluding hydrogens is 402 g/mol. The van der Waals surface area contributed by atoms with Crippen molar-refractivity contribution in [1.29, 1.82) is 0 Å². The van der Waals surface area contributed by atoms with Gasteiger partial charge in [0.05, 0.1) is 7.14 Å². The molecule has 0 aliphatic carbocycles. The van der Waals surface area contributed by atoms with E-state index in [4.69, 9.17) is 5.11 Å². The van der Waals surface area contributed by atoms with Gasteiger partial charge in [-0.1, -0.05) is 0 Å². The van der Waals surface area contributed by atoms with Crippen LogP contribution in [-0.4, -0.2) is 21.3 Å². The van der Waals surface area contributed by atoms with Gasteiger partial charge >= 0.3 is 5.97 Å². The third kappa shape index (κ3) is 1.98. The Morgan fingerprint density at radius 3 is 1.85 bits per heavy atom. The van der Waals surface area contributed by atoms with Gasteiger partial charge in [-0.05, 0) is 51.2 Å². The predicted octanol–water partition coefficient (Wildman–Crippen LogP) is 2.01. The molecular formula is C7H4I2O4. The van der Waals surface area contributed by atoms with Gasteiger partial charge in [0, 0.05) is 0 Å². The standard InChI is InChI=1S/C7H4I2O4/c8-2-1-3(9)6(11)4(5(2)10)7(12)13/h1,10-11H,(H,12,13). The molecule has 0 bridgehead atoms. The largest absolute Gasteiger partial charge is 0.506 e. The molecule has 0 amide bonds. The van der Waals surface area contributed by atoms with Crippen LogP contribution in [0.2, 0.25) is 0 Å². The minimum Gasteiger partial charge on any atom is -0.506 e. The number of phenols is 2. The molecule has 0 aliphatic rings. The van der Waals surface area contributed by atoms with E-state index in [-0.39, 0.29) is 0 Å². The molecule has 1 aromatic rings. The van der Waals surface area contributed by atoms with Crippen molar-refractivity contribution in [1.82, 2.24) is 0 Å². The van der Waals surface area contributed by atoms with Crippen molar-refractivity contribution in [3.05, 3.63) is 18.8 Å². The Morgan fingerprint density at radius 1 is 1.15 bits per heavy atom. The highest BCUT2D eigenvalue weighted by Gasteiger charge is 2.20. The summed E-state index contributed by atoms with van der Waals surface area (Å²) in [5.41, 5.74) is -0.448.